The fourth-order valence-corrected chi connectivity index (χ4v) is 2.62. The van der Waals surface area contributed by atoms with E-state index in [2.05, 4.69) is 43.4 Å². The van der Waals surface area contributed by atoms with Crippen LogP contribution in [-0.4, -0.2) is 12.6 Å². The Bertz CT molecular complexity index is 565. The topological polar surface area (TPSA) is 12.0 Å². The van der Waals surface area contributed by atoms with E-state index in [4.69, 9.17) is 0 Å². The van der Waals surface area contributed by atoms with E-state index in [1.165, 1.54) is 11.1 Å². The Hall–Kier alpha value is -1.67. The van der Waals surface area contributed by atoms with E-state index in [9.17, 15) is 4.39 Å². The molecule has 1 nitrogen and oxygen atoms in total. The Morgan fingerprint density at radius 3 is 2.57 bits per heavy atom. The minimum Gasteiger partial charge on any atom is -0.313 e. The van der Waals surface area contributed by atoms with Gasteiger partial charge in [0.05, 0.1) is 0 Å². The fourth-order valence-electron chi connectivity index (χ4n) is 2.62. The lowest BCUT2D eigenvalue weighted by Crippen LogP contribution is -2.34. The molecule has 0 aliphatic carbocycles. The van der Waals surface area contributed by atoms with Crippen molar-refractivity contribution in [1.29, 1.82) is 0 Å². The highest BCUT2D eigenvalue weighted by atomic mass is 19.1. The maximum atomic E-state index is 13.8. The summed E-state index contributed by atoms with van der Waals surface area (Å²) >= 11 is 0. The molecular weight excluding hydrogens is 261 g/mol. The minimum atomic E-state index is -0.106. The van der Waals surface area contributed by atoms with Crippen LogP contribution in [-0.2, 0) is 12.8 Å². The molecule has 0 bridgehead atoms. The summed E-state index contributed by atoms with van der Waals surface area (Å²) in [4.78, 5) is 0. The van der Waals surface area contributed by atoms with Crippen LogP contribution < -0.4 is 5.32 Å². The fraction of sp³-hybridized carbons (Fsp3) is 0.368. The zero-order valence-electron chi connectivity index (χ0n) is 12.9. The zero-order valence-corrected chi connectivity index (χ0v) is 12.9. The Morgan fingerprint density at radius 1 is 1.05 bits per heavy atom. The van der Waals surface area contributed by atoms with Gasteiger partial charge in [-0.2, -0.15) is 0 Å². The van der Waals surface area contributed by atoms with Gasteiger partial charge in [-0.15, -0.1) is 0 Å². The third kappa shape index (κ3) is 4.98. The molecule has 0 aromatic heterocycles. The van der Waals surface area contributed by atoms with Gasteiger partial charge in [0.2, 0.25) is 0 Å². The Balaban J connectivity index is 2.09. The van der Waals surface area contributed by atoms with Gasteiger partial charge in [-0.25, -0.2) is 4.39 Å². The second-order valence-electron chi connectivity index (χ2n) is 5.64. The van der Waals surface area contributed by atoms with Crippen molar-refractivity contribution in [3.63, 3.8) is 0 Å². The molecule has 0 amide bonds. The quantitative estimate of drug-likeness (QED) is 0.800. The van der Waals surface area contributed by atoms with Gasteiger partial charge in [0, 0.05) is 6.04 Å². The monoisotopic (exact) mass is 285 g/mol. The van der Waals surface area contributed by atoms with Gasteiger partial charge >= 0.3 is 0 Å². The Labute approximate surface area is 127 Å². The molecule has 2 aromatic carbocycles. The number of hydrogen-bond acceptors (Lipinski definition) is 1. The number of halogens is 1. The molecule has 2 aromatic rings. The van der Waals surface area contributed by atoms with E-state index in [1.807, 2.05) is 12.1 Å². The summed E-state index contributed by atoms with van der Waals surface area (Å²) in [7, 11) is 0. The number of benzene rings is 2. The van der Waals surface area contributed by atoms with Crippen molar-refractivity contribution < 1.29 is 4.39 Å². The van der Waals surface area contributed by atoms with Gasteiger partial charge in [0.25, 0.3) is 0 Å². The molecule has 112 valence electrons. The molecule has 0 aliphatic heterocycles. The first-order valence-electron chi connectivity index (χ1n) is 7.71. The minimum absolute atomic E-state index is 0.106. The SMILES string of the molecule is CCCNC(Cc1cccc(C)c1)Cc1ccccc1F. The summed E-state index contributed by atoms with van der Waals surface area (Å²) < 4.78 is 13.8. The Kier molecular flexibility index (Phi) is 5.94. The standard InChI is InChI=1S/C19H24FN/c1-3-11-21-18(13-16-8-6-7-15(2)12-16)14-17-9-4-5-10-19(17)20/h4-10,12,18,21H,3,11,13-14H2,1-2H3. The predicted molar refractivity (Wildman–Crippen MR) is 87.1 cm³/mol. The van der Waals surface area contributed by atoms with E-state index in [1.54, 1.807) is 12.1 Å². The molecule has 0 radical (unpaired) electrons. The van der Waals surface area contributed by atoms with Gasteiger partial charge in [-0.3, -0.25) is 0 Å². The van der Waals surface area contributed by atoms with Crippen molar-refractivity contribution in [1.82, 2.24) is 5.32 Å². The van der Waals surface area contributed by atoms with Gasteiger partial charge in [-0.1, -0.05) is 55.0 Å². The molecule has 0 saturated heterocycles. The largest absolute Gasteiger partial charge is 0.313 e. The highest BCUT2D eigenvalue weighted by molar-refractivity contribution is 5.24. The average molecular weight is 285 g/mol. The second kappa shape index (κ2) is 7.94. The molecule has 21 heavy (non-hydrogen) atoms. The number of nitrogens with one attached hydrogen (secondary N) is 1. The highest BCUT2D eigenvalue weighted by Crippen LogP contribution is 2.13. The summed E-state index contributed by atoms with van der Waals surface area (Å²) in [6.07, 6.45) is 2.73. The zero-order chi connectivity index (χ0) is 15.1. The normalized spacial score (nSPS) is 12.3. The van der Waals surface area contributed by atoms with Crippen molar-refractivity contribution >= 4 is 0 Å². The van der Waals surface area contributed by atoms with E-state index < -0.39 is 0 Å². The lowest BCUT2D eigenvalue weighted by molar-refractivity contribution is 0.492. The van der Waals surface area contributed by atoms with Crippen molar-refractivity contribution in [3.05, 3.63) is 71.0 Å². The first kappa shape index (κ1) is 15.7. The second-order valence-corrected chi connectivity index (χ2v) is 5.64. The summed E-state index contributed by atoms with van der Waals surface area (Å²) in [5, 5.41) is 3.55. The molecule has 0 fully saturated rings. The van der Waals surface area contributed by atoms with E-state index in [0.717, 1.165) is 31.4 Å². The van der Waals surface area contributed by atoms with Crippen LogP contribution in [0.25, 0.3) is 0 Å². The van der Waals surface area contributed by atoms with Crippen LogP contribution in [0, 0.1) is 12.7 Å². The molecule has 0 spiro atoms. The lowest BCUT2D eigenvalue weighted by atomic mass is 9.97. The number of hydrogen-bond donors (Lipinski definition) is 1. The summed E-state index contributed by atoms with van der Waals surface area (Å²) in [6, 6.07) is 15.9. The molecule has 2 heteroatoms. The van der Waals surface area contributed by atoms with Crippen LogP contribution in [0.4, 0.5) is 4.39 Å². The van der Waals surface area contributed by atoms with Crippen LogP contribution >= 0.6 is 0 Å². The third-order valence-electron chi connectivity index (χ3n) is 3.67. The average Bonchev–Trinajstić information content (AvgIpc) is 2.47. The van der Waals surface area contributed by atoms with Crippen LogP contribution in [0.2, 0.25) is 0 Å². The van der Waals surface area contributed by atoms with E-state index in [0.29, 0.717) is 0 Å². The summed E-state index contributed by atoms with van der Waals surface area (Å²) in [6.45, 7) is 5.22. The number of aryl methyl sites for hydroxylation is 1. The summed E-state index contributed by atoms with van der Waals surface area (Å²) in [5.74, 6) is -0.106. The van der Waals surface area contributed by atoms with Crippen LogP contribution in [0.5, 0.6) is 0 Å². The molecule has 1 atom stereocenters. The third-order valence-corrected chi connectivity index (χ3v) is 3.67. The van der Waals surface area contributed by atoms with Gasteiger partial charge in [0.15, 0.2) is 0 Å². The molecule has 1 unspecified atom stereocenters. The number of rotatable bonds is 7. The molecule has 0 saturated carbocycles. The van der Waals surface area contributed by atoms with Crippen molar-refractivity contribution in [2.24, 2.45) is 0 Å². The molecule has 1 N–H and O–H groups in total. The van der Waals surface area contributed by atoms with Gasteiger partial charge in [0.1, 0.15) is 5.82 Å². The smallest absolute Gasteiger partial charge is 0.126 e. The molecule has 2 rings (SSSR count). The molecule has 0 aliphatic rings. The van der Waals surface area contributed by atoms with Gasteiger partial charge in [-0.05, 0) is 49.9 Å². The van der Waals surface area contributed by atoms with Crippen LogP contribution in [0.15, 0.2) is 48.5 Å². The van der Waals surface area contributed by atoms with Gasteiger partial charge < -0.3 is 5.32 Å². The highest BCUT2D eigenvalue weighted by Gasteiger charge is 2.12. The maximum absolute atomic E-state index is 13.8. The van der Waals surface area contributed by atoms with Crippen molar-refractivity contribution in [3.8, 4) is 0 Å². The summed E-state index contributed by atoms with van der Waals surface area (Å²) in [5.41, 5.74) is 3.37. The molecule has 0 heterocycles. The van der Waals surface area contributed by atoms with Crippen molar-refractivity contribution in [2.75, 3.05) is 6.54 Å². The predicted octanol–water partition coefficient (Wildman–Crippen LogP) is 4.29. The first-order valence-corrected chi connectivity index (χ1v) is 7.71. The van der Waals surface area contributed by atoms with E-state index in [-0.39, 0.29) is 11.9 Å². The van der Waals surface area contributed by atoms with Crippen LogP contribution in [0.1, 0.15) is 30.0 Å². The first-order chi connectivity index (χ1) is 10.2. The maximum Gasteiger partial charge on any atom is 0.126 e. The Morgan fingerprint density at radius 2 is 1.86 bits per heavy atom. The molecular formula is C19H24FN. The van der Waals surface area contributed by atoms with Crippen LogP contribution in [0.3, 0.4) is 0 Å². The van der Waals surface area contributed by atoms with E-state index >= 15 is 0 Å². The lowest BCUT2D eigenvalue weighted by Gasteiger charge is -2.19. The van der Waals surface area contributed by atoms with Crippen molar-refractivity contribution in [2.45, 2.75) is 39.2 Å².